The van der Waals surface area contributed by atoms with Gasteiger partial charge < -0.3 is 14.8 Å². The Bertz CT molecular complexity index is 1420. The molecule has 0 spiro atoms. The van der Waals surface area contributed by atoms with E-state index in [2.05, 4.69) is 10.6 Å². The van der Waals surface area contributed by atoms with E-state index in [-0.39, 0.29) is 36.1 Å². The van der Waals surface area contributed by atoms with Crippen LogP contribution in [0, 0.1) is 12.7 Å². The second-order valence-corrected chi connectivity index (χ2v) is 8.28. The Morgan fingerprint density at radius 1 is 0.974 bits per heavy atom. The average molecular weight is 518 g/mol. The molecule has 0 atom stereocenters. The molecule has 5 amide bonds. The van der Waals surface area contributed by atoms with Gasteiger partial charge in [-0.1, -0.05) is 23.8 Å². The van der Waals surface area contributed by atoms with Crippen LogP contribution in [0.2, 0.25) is 0 Å². The monoisotopic (exact) mass is 517 g/mol. The van der Waals surface area contributed by atoms with Crippen molar-refractivity contribution in [2.75, 3.05) is 23.4 Å². The number of nitrogens with zero attached hydrogens (tertiary/aromatic N) is 1. The van der Waals surface area contributed by atoms with E-state index in [1.807, 2.05) is 19.1 Å². The Kier molecular flexibility index (Phi) is 7.81. The first kappa shape index (κ1) is 26.1. The molecule has 3 aromatic rings. The molecular weight excluding hydrogens is 493 g/mol. The smallest absolute Gasteiger partial charge is 0.335 e. The number of nitrogens with one attached hydrogen (secondary N) is 2. The van der Waals surface area contributed by atoms with Gasteiger partial charge in [0.25, 0.3) is 17.7 Å². The standard InChI is InChI=1S/C28H24FN3O6/c1-3-37-24-15-18(6-13-23(24)38-16-25(33)30-20-9-4-17(2)5-10-20)14-22-26(34)31-28(36)32(27(22)35)21-11-7-19(29)8-12-21/h4-15H,3,16H2,1-2H3,(H,30,33)(H,31,34,36)/b22-14+. The van der Waals surface area contributed by atoms with E-state index in [9.17, 15) is 23.6 Å². The van der Waals surface area contributed by atoms with Gasteiger partial charge in [0.15, 0.2) is 18.1 Å². The van der Waals surface area contributed by atoms with Crippen molar-refractivity contribution in [1.82, 2.24) is 5.32 Å². The third-order valence-corrected chi connectivity index (χ3v) is 5.46. The molecule has 1 aliphatic rings. The van der Waals surface area contributed by atoms with Crippen molar-refractivity contribution < 1.29 is 33.0 Å². The van der Waals surface area contributed by atoms with Crippen molar-refractivity contribution in [3.8, 4) is 11.5 Å². The number of amides is 5. The number of hydrogen-bond donors (Lipinski definition) is 2. The quantitative estimate of drug-likeness (QED) is 0.342. The number of carbonyl (C=O) groups excluding carboxylic acids is 4. The maximum Gasteiger partial charge on any atom is 0.335 e. The first-order valence-corrected chi connectivity index (χ1v) is 11.7. The zero-order chi connectivity index (χ0) is 27.2. The maximum atomic E-state index is 13.3. The third-order valence-electron chi connectivity index (χ3n) is 5.46. The van der Waals surface area contributed by atoms with Crippen LogP contribution in [0.5, 0.6) is 11.5 Å². The highest BCUT2D eigenvalue weighted by atomic mass is 19.1. The van der Waals surface area contributed by atoms with E-state index < -0.39 is 23.7 Å². The highest BCUT2D eigenvalue weighted by molar-refractivity contribution is 6.39. The first-order chi connectivity index (χ1) is 18.2. The van der Waals surface area contributed by atoms with E-state index in [4.69, 9.17) is 9.47 Å². The summed E-state index contributed by atoms with van der Waals surface area (Å²) in [5.74, 6) is -2.06. The second-order valence-electron chi connectivity index (χ2n) is 8.28. The molecule has 1 heterocycles. The molecule has 0 bridgehead atoms. The van der Waals surface area contributed by atoms with Crippen molar-refractivity contribution in [1.29, 1.82) is 0 Å². The van der Waals surface area contributed by atoms with Gasteiger partial charge in [-0.15, -0.1) is 0 Å². The number of halogens is 1. The van der Waals surface area contributed by atoms with Gasteiger partial charge in [0.05, 0.1) is 12.3 Å². The first-order valence-electron chi connectivity index (χ1n) is 11.7. The summed E-state index contributed by atoms with van der Waals surface area (Å²) < 4.78 is 24.6. The number of carbonyl (C=O) groups is 4. The molecule has 1 saturated heterocycles. The Morgan fingerprint density at radius 2 is 1.68 bits per heavy atom. The Hall–Kier alpha value is -4.99. The van der Waals surface area contributed by atoms with Gasteiger partial charge in [0.1, 0.15) is 11.4 Å². The lowest BCUT2D eigenvalue weighted by molar-refractivity contribution is -0.122. The van der Waals surface area contributed by atoms with Crippen LogP contribution in [0.4, 0.5) is 20.6 Å². The molecule has 1 fully saturated rings. The van der Waals surface area contributed by atoms with Crippen molar-refractivity contribution in [2.45, 2.75) is 13.8 Å². The fraction of sp³-hybridized carbons (Fsp3) is 0.143. The summed E-state index contributed by atoms with van der Waals surface area (Å²) in [6.07, 6.45) is 1.30. The molecule has 4 rings (SSSR count). The largest absolute Gasteiger partial charge is 0.490 e. The minimum Gasteiger partial charge on any atom is -0.490 e. The Morgan fingerprint density at radius 3 is 2.37 bits per heavy atom. The Balaban J connectivity index is 1.52. The van der Waals surface area contributed by atoms with Gasteiger partial charge in [-0.2, -0.15) is 0 Å². The number of hydrogen-bond acceptors (Lipinski definition) is 6. The van der Waals surface area contributed by atoms with Gasteiger partial charge in [0, 0.05) is 5.69 Å². The van der Waals surface area contributed by atoms with Gasteiger partial charge in [-0.05, 0) is 74.0 Å². The number of benzene rings is 3. The Labute approximate surface area is 217 Å². The van der Waals surface area contributed by atoms with Gasteiger partial charge in [-0.3, -0.25) is 19.7 Å². The lowest BCUT2D eigenvalue weighted by Gasteiger charge is -2.26. The lowest BCUT2D eigenvalue weighted by atomic mass is 10.1. The van der Waals surface area contributed by atoms with Crippen molar-refractivity contribution in [3.63, 3.8) is 0 Å². The summed E-state index contributed by atoms with van der Waals surface area (Å²) in [5, 5.41) is 4.86. The van der Waals surface area contributed by atoms with Crippen LogP contribution < -0.4 is 25.0 Å². The van der Waals surface area contributed by atoms with E-state index in [0.717, 1.165) is 22.6 Å². The number of rotatable bonds is 8. The topological polar surface area (TPSA) is 114 Å². The number of ether oxygens (including phenoxy) is 2. The van der Waals surface area contributed by atoms with Crippen LogP contribution in [0.3, 0.4) is 0 Å². The molecule has 0 aliphatic carbocycles. The van der Waals surface area contributed by atoms with Crippen LogP contribution in [0.1, 0.15) is 18.1 Å². The molecule has 3 aromatic carbocycles. The van der Waals surface area contributed by atoms with Crippen LogP contribution in [-0.2, 0) is 14.4 Å². The number of aryl methyl sites for hydroxylation is 1. The predicted octanol–water partition coefficient (Wildman–Crippen LogP) is 4.22. The molecule has 2 N–H and O–H groups in total. The molecule has 10 heteroatoms. The molecule has 0 saturated carbocycles. The van der Waals surface area contributed by atoms with E-state index in [1.54, 1.807) is 37.3 Å². The normalized spacial score (nSPS) is 14.3. The summed E-state index contributed by atoms with van der Waals surface area (Å²) in [6, 6.07) is 15.8. The molecule has 0 unspecified atom stereocenters. The van der Waals surface area contributed by atoms with Gasteiger partial charge in [-0.25, -0.2) is 14.1 Å². The maximum absolute atomic E-state index is 13.3. The fourth-order valence-corrected chi connectivity index (χ4v) is 3.63. The molecule has 0 radical (unpaired) electrons. The van der Waals surface area contributed by atoms with Crippen molar-refractivity contribution in [3.05, 3.63) is 89.2 Å². The number of barbiturate groups is 1. The fourth-order valence-electron chi connectivity index (χ4n) is 3.63. The minimum atomic E-state index is -0.938. The molecule has 0 aromatic heterocycles. The number of urea groups is 1. The highest BCUT2D eigenvalue weighted by Crippen LogP contribution is 2.30. The summed E-state index contributed by atoms with van der Waals surface area (Å²) in [7, 11) is 0. The third kappa shape index (κ3) is 6.04. The molecule has 38 heavy (non-hydrogen) atoms. The molecule has 1 aliphatic heterocycles. The van der Waals surface area contributed by atoms with Crippen LogP contribution in [0.25, 0.3) is 6.08 Å². The van der Waals surface area contributed by atoms with E-state index in [1.165, 1.54) is 18.2 Å². The van der Waals surface area contributed by atoms with E-state index in [0.29, 0.717) is 17.0 Å². The lowest BCUT2D eigenvalue weighted by Crippen LogP contribution is -2.54. The zero-order valence-electron chi connectivity index (χ0n) is 20.6. The summed E-state index contributed by atoms with van der Waals surface area (Å²) in [4.78, 5) is 50.9. The number of anilines is 2. The molecular formula is C28H24FN3O6. The van der Waals surface area contributed by atoms with Crippen LogP contribution >= 0.6 is 0 Å². The van der Waals surface area contributed by atoms with E-state index >= 15 is 0 Å². The number of imide groups is 2. The summed E-state index contributed by atoms with van der Waals surface area (Å²) in [6.45, 7) is 3.73. The SMILES string of the molecule is CCOc1cc(/C=C2\C(=O)NC(=O)N(c3ccc(F)cc3)C2=O)ccc1OCC(=O)Nc1ccc(C)cc1. The minimum absolute atomic E-state index is 0.106. The summed E-state index contributed by atoms with van der Waals surface area (Å²) >= 11 is 0. The van der Waals surface area contributed by atoms with Crippen molar-refractivity contribution >= 4 is 41.2 Å². The second kappa shape index (κ2) is 11.4. The van der Waals surface area contributed by atoms with Gasteiger partial charge >= 0.3 is 6.03 Å². The molecule has 9 nitrogen and oxygen atoms in total. The van der Waals surface area contributed by atoms with Crippen molar-refractivity contribution in [2.24, 2.45) is 0 Å². The summed E-state index contributed by atoms with van der Waals surface area (Å²) in [5.41, 5.74) is 1.92. The van der Waals surface area contributed by atoms with Crippen LogP contribution in [-0.4, -0.2) is 37.0 Å². The molecule has 194 valence electrons. The zero-order valence-corrected chi connectivity index (χ0v) is 20.6. The average Bonchev–Trinajstić information content (AvgIpc) is 2.88. The predicted molar refractivity (Wildman–Crippen MR) is 138 cm³/mol. The van der Waals surface area contributed by atoms with Gasteiger partial charge in [0.2, 0.25) is 0 Å². The highest BCUT2D eigenvalue weighted by Gasteiger charge is 2.36. The van der Waals surface area contributed by atoms with Crippen LogP contribution in [0.15, 0.2) is 72.3 Å².